The number of hydrogen-bond donors (Lipinski definition) is 1. The van der Waals surface area contributed by atoms with Crippen LogP contribution in [0.3, 0.4) is 0 Å². The van der Waals surface area contributed by atoms with Crippen molar-refractivity contribution in [1.82, 2.24) is 9.55 Å². The van der Waals surface area contributed by atoms with Crippen LogP contribution in [0.4, 0.5) is 11.4 Å². The average Bonchev–Trinajstić information content (AvgIpc) is 3.05. The van der Waals surface area contributed by atoms with Crippen LogP contribution in [-0.4, -0.2) is 28.3 Å². The largest absolute Gasteiger partial charge is 0.366 e. The number of fused-ring (bicyclic) bond motifs is 1. The highest BCUT2D eigenvalue weighted by Crippen LogP contribution is 2.32. The molecule has 28 heavy (non-hydrogen) atoms. The first-order valence-electron chi connectivity index (χ1n) is 9.29. The number of carbonyl (C=O) groups is 2. The summed E-state index contributed by atoms with van der Waals surface area (Å²) in [5, 5.41) is 0. The number of rotatable bonds is 4. The van der Waals surface area contributed by atoms with E-state index in [1.54, 1.807) is 18.5 Å². The Morgan fingerprint density at radius 2 is 2.07 bits per heavy atom. The molecule has 0 saturated heterocycles. The van der Waals surface area contributed by atoms with Gasteiger partial charge in [-0.15, -0.1) is 0 Å². The molecule has 2 aromatic heterocycles. The van der Waals surface area contributed by atoms with Crippen molar-refractivity contribution in [3.63, 3.8) is 0 Å². The topological polar surface area (TPSA) is 81.2 Å². The van der Waals surface area contributed by atoms with Crippen LogP contribution in [0.15, 0.2) is 48.9 Å². The standard InChI is InChI=1S/C22H22N4O2/c1-14-13-26(18-6-3-7-20(27)21(14)18)15-8-9-17(22(23)28)19(11-15)25(2)16-5-4-10-24-12-16/h4-5,8-13H,3,6-7H2,1-2H3,(H2,23,28). The van der Waals surface area contributed by atoms with Gasteiger partial charge in [-0.2, -0.15) is 0 Å². The van der Waals surface area contributed by atoms with Crippen molar-refractivity contribution in [2.24, 2.45) is 5.73 Å². The predicted octanol–water partition coefficient (Wildman–Crippen LogP) is 3.57. The van der Waals surface area contributed by atoms with Crippen molar-refractivity contribution in [1.29, 1.82) is 0 Å². The Morgan fingerprint density at radius 1 is 1.25 bits per heavy atom. The predicted molar refractivity (Wildman–Crippen MR) is 109 cm³/mol. The molecule has 3 aromatic rings. The quantitative estimate of drug-likeness (QED) is 0.757. The maximum absolute atomic E-state index is 12.4. The van der Waals surface area contributed by atoms with E-state index >= 15 is 0 Å². The Bertz CT molecular complexity index is 1070. The smallest absolute Gasteiger partial charge is 0.250 e. The van der Waals surface area contributed by atoms with E-state index in [-0.39, 0.29) is 5.78 Å². The van der Waals surface area contributed by atoms with Gasteiger partial charge < -0.3 is 15.2 Å². The minimum absolute atomic E-state index is 0.207. The molecule has 0 spiro atoms. The lowest BCUT2D eigenvalue weighted by Gasteiger charge is -2.23. The lowest BCUT2D eigenvalue weighted by molar-refractivity contribution is 0.0969. The Labute approximate surface area is 163 Å². The number of carbonyl (C=O) groups excluding carboxylic acids is 2. The van der Waals surface area contributed by atoms with E-state index in [2.05, 4.69) is 9.55 Å². The monoisotopic (exact) mass is 374 g/mol. The number of ketones is 1. The van der Waals surface area contributed by atoms with Crippen molar-refractivity contribution < 1.29 is 9.59 Å². The number of pyridine rings is 1. The highest BCUT2D eigenvalue weighted by molar-refractivity contribution is 6.01. The van der Waals surface area contributed by atoms with Crippen LogP contribution in [0.2, 0.25) is 0 Å². The molecule has 142 valence electrons. The number of Topliss-reactive ketones (excluding diaryl/α,β-unsaturated/α-hetero) is 1. The van der Waals surface area contributed by atoms with Gasteiger partial charge in [0.05, 0.1) is 23.1 Å². The molecular formula is C22H22N4O2. The minimum Gasteiger partial charge on any atom is -0.366 e. The molecule has 1 aliphatic carbocycles. The second-order valence-corrected chi connectivity index (χ2v) is 7.12. The molecule has 1 amide bonds. The fourth-order valence-electron chi connectivity index (χ4n) is 3.93. The zero-order valence-corrected chi connectivity index (χ0v) is 16.0. The number of benzene rings is 1. The molecule has 2 heterocycles. The number of primary amides is 1. The molecule has 0 saturated carbocycles. The van der Waals surface area contributed by atoms with Gasteiger partial charge in [0, 0.05) is 42.8 Å². The van der Waals surface area contributed by atoms with Crippen molar-refractivity contribution in [2.75, 3.05) is 11.9 Å². The van der Waals surface area contributed by atoms with Gasteiger partial charge in [0.1, 0.15) is 0 Å². The fraction of sp³-hybridized carbons (Fsp3) is 0.227. The molecule has 6 heteroatoms. The number of amides is 1. The van der Waals surface area contributed by atoms with E-state index < -0.39 is 5.91 Å². The van der Waals surface area contributed by atoms with Crippen LogP contribution < -0.4 is 10.6 Å². The van der Waals surface area contributed by atoms with Gasteiger partial charge in [0.15, 0.2) is 5.78 Å². The summed E-state index contributed by atoms with van der Waals surface area (Å²) in [5.74, 6) is -0.280. The molecule has 0 atom stereocenters. The Morgan fingerprint density at radius 3 is 2.79 bits per heavy atom. The minimum atomic E-state index is -0.488. The van der Waals surface area contributed by atoms with Gasteiger partial charge in [-0.25, -0.2) is 0 Å². The summed E-state index contributed by atoms with van der Waals surface area (Å²) in [6.07, 6.45) is 7.76. The van der Waals surface area contributed by atoms with E-state index in [0.29, 0.717) is 17.7 Å². The molecular weight excluding hydrogens is 352 g/mol. The normalized spacial score (nSPS) is 13.3. The van der Waals surface area contributed by atoms with Crippen LogP contribution in [-0.2, 0) is 6.42 Å². The first-order chi connectivity index (χ1) is 13.5. The maximum Gasteiger partial charge on any atom is 0.250 e. The Hall–Kier alpha value is -3.41. The van der Waals surface area contributed by atoms with Crippen LogP contribution in [0.1, 0.15) is 44.8 Å². The van der Waals surface area contributed by atoms with Crippen LogP contribution in [0.25, 0.3) is 5.69 Å². The fourth-order valence-corrected chi connectivity index (χ4v) is 3.93. The van der Waals surface area contributed by atoms with Gasteiger partial charge in [-0.1, -0.05) is 0 Å². The van der Waals surface area contributed by atoms with Gasteiger partial charge in [0.2, 0.25) is 0 Å². The van der Waals surface area contributed by atoms with E-state index in [1.807, 2.05) is 49.3 Å². The van der Waals surface area contributed by atoms with Gasteiger partial charge in [0.25, 0.3) is 5.91 Å². The lowest BCUT2D eigenvalue weighted by atomic mass is 9.94. The van der Waals surface area contributed by atoms with Crippen molar-refractivity contribution in [3.8, 4) is 5.69 Å². The molecule has 0 radical (unpaired) electrons. The van der Waals surface area contributed by atoms with Crippen LogP contribution >= 0.6 is 0 Å². The van der Waals surface area contributed by atoms with Gasteiger partial charge in [-0.05, 0) is 55.7 Å². The second kappa shape index (κ2) is 6.96. The summed E-state index contributed by atoms with van der Waals surface area (Å²) in [7, 11) is 1.88. The first-order valence-corrected chi connectivity index (χ1v) is 9.29. The summed E-state index contributed by atoms with van der Waals surface area (Å²) in [6, 6.07) is 9.32. The molecule has 1 aromatic carbocycles. The average molecular weight is 374 g/mol. The lowest BCUT2D eigenvalue weighted by Crippen LogP contribution is -2.19. The maximum atomic E-state index is 12.4. The van der Waals surface area contributed by atoms with Crippen molar-refractivity contribution in [2.45, 2.75) is 26.2 Å². The second-order valence-electron chi connectivity index (χ2n) is 7.12. The molecule has 0 fully saturated rings. The van der Waals surface area contributed by atoms with Crippen molar-refractivity contribution >= 4 is 23.1 Å². The third-order valence-electron chi connectivity index (χ3n) is 5.31. The summed E-state index contributed by atoms with van der Waals surface area (Å²) in [4.78, 5) is 30.4. The number of nitrogens with two attached hydrogens (primary N) is 1. The molecule has 1 aliphatic rings. The number of hydrogen-bond acceptors (Lipinski definition) is 4. The molecule has 2 N–H and O–H groups in total. The number of aryl methyl sites for hydroxylation is 1. The van der Waals surface area contributed by atoms with Gasteiger partial charge >= 0.3 is 0 Å². The zero-order chi connectivity index (χ0) is 19.8. The van der Waals surface area contributed by atoms with E-state index in [1.165, 1.54) is 0 Å². The SMILES string of the molecule is Cc1cn(-c2ccc(C(N)=O)c(N(C)c3cccnc3)c2)c2c1C(=O)CCC2. The first kappa shape index (κ1) is 18.0. The molecule has 0 aliphatic heterocycles. The number of aromatic nitrogens is 2. The van der Waals surface area contributed by atoms with Crippen molar-refractivity contribution in [3.05, 3.63) is 71.3 Å². The van der Waals surface area contributed by atoms with E-state index in [4.69, 9.17) is 5.73 Å². The highest BCUT2D eigenvalue weighted by Gasteiger charge is 2.25. The zero-order valence-electron chi connectivity index (χ0n) is 16.0. The number of anilines is 2. The summed E-state index contributed by atoms with van der Waals surface area (Å²) >= 11 is 0. The summed E-state index contributed by atoms with van der Waals surface area (Å²) < 4.78 is 2.06. The van der Waals surface area contributed by atoms with E-state index in [9.17, 15) is 9.59 Å². The third-order valence-corrected chi connectivity index (χ3v) is 5.31. The van der Waals surface area contributed by atoms with E-state index in [0.717, 1.165) is 41.0 Å². The van der Waals surface area contributed by atoms with Crippen LogP contribution in [0.5, 0.6) is 0 Å². The molecule has 0 unspecified atom stereocenters. The molecule has 4 rings (SSSR count). The highest BCUT2D eigenvalue weighted by atomic mass is 16.1. The third kappa shape index (κ3) is 2.97. The summed E-state index contributed by atoms with van der Waals surface area (Å²) in [5.41, 5.74) is 11.4. The Balaban J connectivity index is 1.86. The molecule has 0 bridgehead atoms. The summed E-state index contributed by atoms with van der Waals surface area (Å²) in [6.45, 7) is 1.97. The van der Waals surface area contributed by atoms with Gasteiger partial charge in [-0.3, -0.25) is 14.6 Å². The van der Waals surface area contributed by atoms with Crippen LogP contribution in [0, 0.1) is 6.92 Å². The number of nitrogens with zero attached hydrogens (tertiary/aromatic N) is 3. The molecule has 6 nitrogen and oxygen atoms in total. The Kier molecular flexibility index (Phi) is 4.47.